The number of nitrogens with zero attached hydrogens (tertiary/aromatic N) is 5. The molecule has 0 bridgehead atoms. The van der Waals surface area contributed by atoms with Gasteiger partial charge in [-0.1, -0.05) is 6.08 Å². The lowest BCUT2D eigenvalue weighted by Gasteiger charge is -2.33. The number of carbonyl (C=O) groups excluding carboxylic acids is 1. The molecule has 9 nitrogen and oxygen atoms in total. The summed E-state index contributed by atoms with van der Waals surface area (Å²) in [4.78, 5) is 44.7. The highest BCUT2D eigenvalue weighted by molar-refractivity contribution is 6.08. The number of anilines is 1. The Morgan fingerprint density at radius 3 is 2.50 bits per heavy atom. The van der Waals surface area contributed by atoms with Crippen LogP contribution in [0.3, 0.4) is 0 Å². The lowest BCUT2D eigenvalue weighted by Crippen LogP contribution is -2.45. The van der Waals surface area contributed by atoms with Crippen molar-refractivity contribution >= 4 is 34.4 Å². The number of fused-ring (bicyclic) bond motifs is 1. The highest BCUT2D eigenvalue weighted by atomic mass is 19.1. The fourth-order valence-corrected chi connectivity index (χ4v) is 3.90. The number of aryl methyl sites for hydroxylation is 1. The van der Waals surface area contributed by atoms with E-state index in [0.29, 0.717) is 30.8 Å². The molecule has 10 heteroatoms. The third-order valence-corrected chi connectivity index (χ3v) is 5.92. The first-order valence-electron chi connectivity index (χ1n) is 10.9. The van der Waals surface area contributed by atoms with Gasteiger partial charge in [-0.3, -0.25) is 19.7 Å². The van der Waals surface area contributed by atoms with Crippen LogP contribution in [0.4, 0.5) is 15.9 Å². The minimum Gasteiger partial charge on any atom is -0.352 e. The molecule has 0 amide bonds. The number of rotatable bonds is 6. The van der Waals surface area contributed by atoms with E-state index in [2.05, 4.69) is 9.88 Å². The maximum atomic E-state index is 15.0. The van der Waals surface area contributed by atoms with Gasteiger partial charge in [-0.2, -0.15) is 0 Å². The van der Waals surface area contributed by atoms with Gasteiger partial charge in [0.25, 0.3) is 5.69 Å². The SMILES string of the molecule is CCn1cc(C(=O)C=Cc2ccc([N+](=O)[O-])cc2)c(=O)c2cc(F)c(N3CCN(C)CC3)nc21. The summed E-state index contributed by atoms with van der Waals surface area (Å²) in [5, 5.41) is 10.8. The van der Waals surface area contributed by atoms with E-state index >= 15 is 0 Å². The number of hydrogen-bond donors (Lipinski definition) is 0. The van der Waals surface area contributed by atoms with E-state index in [4.69, 9.17) is 0 Å². The fourth-order valence-electron chi connectivity index (χ4n) is 3.90. The molecule has 3 heterocycles. The molecule has 0 saturated carbocycles. The number of nitro benzene ring substituents is 1. The largest absolute Gasteiger partial charge is 0.352 e. The third-order valence-electron chi connectivity index (χ3n) is 5.92. The molecule has 0 unspecified atom stereocenters. The van der Waals surface area contributed by atoms with Crippen LogP contribution >= 0.6 is 0 Å². The van der Waals surface area contributed by atoms with Crippen LogP contribution in [0.15, 0.2) is 47.4 Å². The van der Waals surface area contributed by atoms with Gasteiger partial charge in [0.05, 0.1) is 15.9 Å². The van der Waals surface area contributed by atoms with E-state index in [0.717, 1.165) is 13.1 Å². The second kappa shape index (κ2) is 9.52. The maximum Gasteiger partial charge on any atom is 0.269 e. The normalized spacial score (nSPS) is 14.7. The van der Waals surface area contributed by atoms with E-state index in [9.17, 15) is 24.1 Å². The quantitative estimate of drug-likeness (QED) is 0.239. The minimum absolute atomic E-state index is 0.0480. The van der Waals surface area contributed by atoms with Crippen molar-refractivity contribution in [2.75, 3.05) is 38.1 Å². The summed E-state index contributed by atoms with van der Waals surface area (Å²) >= 11 is 0. The van der Waals surface area contributed by atoms with Crippen molar-refractivity contribution in [1.29, 1.82) is 0 Å². The molecule has 1 saturated heterocycles. The Morgan fingerprint density at radius 2 is 1.88 bits per heavy atom. The van der Waals surface area contributed by atoms with Gasteiger partial charge in [0.1, 0.15) is 5.65 Å². The van der Waals surface area contributed by atoms with Crippen molar-refractivity contribution in [3.05, 3.63) is 79.9 Å². The number of carbonyl (C=O) groups is 1. The van der Waals surface area contributed by atoms with Crippen molar-refractivity contribution in [2.45, 2.75) is 13.5 Å². The Hall–Kier alpha value is -3.92. The molecule has 1 fully saturated rings. The van der Waals surface area contributed by atoms with Crippen LogP contribution in [-0.2, 0) is 6.54 Å². The van der Waals surface area contributed by atoms with E-state index in [1.54, 1.807) is 4.57 Å². The zero-order valence-electron chi connectivity index (χ0n) is 18.9. The van der Waals surface area contributed by atoms with Crippen LogP contribution in [0.5, 0.6) is 0 Å². The molecule has 3 aromatic rings. The molecule has 0 aliphatic carbocycles. The highest BCUT2D eigenvalue weighted by Gasteiger charge is 2.22. The van der Waals surface area contributed by atoms with Gasteiger partial charge in [-0.05, 0) is 43.8 Å². The first-order chi connectivity index (χ1) is 16.3. The lowest BCUT2D eigenvalue weighted by atomic mass is 10.1. The molecule has 176 valence electrons. The number of pyridine rings is 2. The molecule has 0 spiro atoms. The summed E-state index contributed by atoms with van der Waals surface area (Å²) in [7, 11) is 2.00. The van der Waals surface area contributed by atoms with Gasteiger partial charge in [-0.25, -0.2) is 9.37 Å². The van der Waals surface area contributed by atoms with Crippen LogP contribution in [-0.4, -0.2) is 58.4 Å². The lowest BCUT2D eigenvalue weighted by molar-refractivity contribution is -0.384. The van der Waals surface area contributed by atoms with E-state index in [-0.39, 0.29) is 22.5 Å². The van der Waals surface area contributed by atoms with Crippen LogP contribution in [0.25, 0.3) is 17.1 Å². The number of halogens is 1. The molecular weight excluding hydrogens is 441 g/mol. The highest BCUT2D eigenvalue weighted by Crippen LogP contribution is 2.23. The molecule has 1 aliphatic heterocycles. The van der Waals surface area contributed by atoms with E-state index in [1.165, 1.54) is 48.7 Å². The standard InChI is InChI=1S/C24H24FN5O4/c1-3-28-15-19(21(31)9-6-16-4-7-17(8-5-16)30(33)34)22(32)18-14-20(25)24(26-23(18)28)29-12-10-27(2)11-13-29/h4-9,14-15H,3,10-13H2,1-2H3. The summed E-state index contributed by atoms with van der Waals surface area (Å²) in [6, 6.07) is 6.84. The number of allylic oxidation sites excluding steroid dienone is 1. The van der Waals surface area contributed by atoms with Gasteiger partial charge < -0.3 is 14.4 Å². The summed E-state index contributed by atoms with van der Waals surface area (Å²) in [6.07, 6.45) is 4.15. The monoisotopic (exact) mass is 465 g/mol. The Morgan fingerprint density at radius 1 is 1.21 bits per heavy atom. The van der Waals surface area contributed by atoms with E-state index < -0.39 is 22.0 Å². The summed E-state index contributed by atoms with van der Waals surface area (Å²) < 4.78 is 16.7. The molecule has 34 heavy (non-hydrogen) atoms. The van der Waals surface area contributed by atoms with Crippen molar-refractivity contribution in [3.63, 3.8) is 0 Å². The summed E-state index contributed by atoms with van der Waals surface area (Å²) in [6.45, 7) is 5.12. The number of nitro groups is 1. The average Bonchev–Trinajstić information content (AvgIpc) is 2.83. The number of aromatic nitrogens is 2. The first kappa shape index (κ1) is 23.2. The van der Waals surface area contributed by atoms with Gasteiger partial charge >= 0.3 is 0 Å². The molecule has 4 rings (SSSR count). The molecule has 1 aliphatic rings. The second-order valence-corrected chi connectivity index (χ2v) is 8.16. The Bertz CT molecular complexity index is 1340. The Kier molecular flexibility index (Phi) is 6.51. The van der Waals surface area contributed by atoms with E-state index in [1.807, 2.05) is 18.9 Å². The number of likely N-dealkylation sites (N-methyl/N-ethyl adjacent to an activating group) is 1. The van der Waals surface area contributed by atoms with Crippen molar-refractivity contribution in [1.82, 2.24) is 14.5 Å². The van der Waals surface area contributed by atoms with Crippen LogP contribution in [0, 0.1) is 15.9 Å². The average molecular weight is 465 g/mol. The number of ketones is 1. The number of hydrogen-bond acceptors (Lipinski definition) is 7. The molecular formula is C24H24FN5O4. The zero-order valence-corrected chi connectivity index (χ0v) is 18.9. The minimum atomic E-state index is -0.595. The molecule has 2 aromatic heterocycles. The van der Waals surface area contributed by atoms with Gasteiger partial charge in [-0.15, -0.1) is 0 Å². The van der Waals surface area contributed by atoms with Crippen molar-refractivity contribution < 1.29 is 14.1 Å². The van der Waals surface area contributed by atoms with Crippen molar-refractivity contribution in [2.24, 2.45) is 0 Å². The molecule has 1 aromatic carbocycles. The maximum absolute atomic E-state index is 15.0. The predicted octanol–water partition coefficient (Wildman–Crippen LogP) is 3.11. The van der Waals surface area contributed by atoms with Gasteiger partial charge in [0, 0.05) is 51.1 Å². The Labute approximate surface area is 194 Å². The topological polar surface area (TPSA) is 102 Å². The van der Waals surface area contributed by atoms with Crippen LogP contribution in [0.1, 0.15) is 22.8 Å². The number of non-ortho nitro benzene ring substituents is 1. The summed E-state index contributed by atoms with van der Waals surface area (Å²) in [5.74, 6) is -0.932. The first-order valence-corrected chi connectivity index (χ1v) is 10.9. The zero-order chi connectivity index (χ0) is 24.4. The second-order valence-electron chi connectivity index (χ2n) is 8.16. The fraction of sp³-hybridized carbons (Fsp3) is 0.292. The number of piperazine rings is 1. The predicted molar refractivity (Wildman–Crippen MR) is 128 cm³/mol. The Balaban J connectivity index is 1.69. The van der Waals surface area contributed by atoms with Crippen LogP contribution < -0.4 is 10.3 Å². The third kappa shape index (κ3) is 4.58. The smallest absolute Gasteiger partial charge is 0.269 e. The molecule has 0 atom stereocenters. The van der Waals surface area contributed by atoms with Gasteiger partial charge in [0.2, 0.25) is 5.43 Å². The number of benzene rings is 1. The van der Waals surface area contributed by atoms with Crippen LogP contribution in [0.2, 0.25) is 0 Å². The van der Waals surface area contributed by atoms with Gasteiger partial charge in [0.15, 0.2) is 17.4 Å². The van der Waals surface area contributed by atoms with Crippen molar-refractivity contribution in [3.8, 4) is 0 Å². The molecule has 0 N–H and O–H groups in total. The molecule has 0 radical (unpaired) electrons. The summed E-state index contributed by atoms with van der Waals surface area (Å²) in [5.41, 5.74) is 0.156.